The second-order valence-electron chi connectivity index (χ2n) is 4.79. The topological polar surface area (TPSA) is 21.3 Å². The van der Waals surface area contributed by atoms with E-state index in [0.29, 0.717) is 0 Å². The van der Waals surface area contributed by atoms with Crippen LogP contribution in [-0.2, 0) is 11.3 Å². The number of nitrogens with one attached hydrogen (secondary N) is 1. The fourth-order valence-electron chi connectivity index (χ4n) is 1.89. The fourth-order valence-corrected chi connectivity index (χ4v) is 3.31. The number of unbranched alkanes of at least 4 members (excludes halogenated alkanes) is 5. The molecular formula is C15H26BrNOS. The maximum atomic E-state index is 5.61. The highest BCUT2D eigenvalue weighted by Gasteiger charge is 1.96. The van der Waals surface area contributed by atoms with Gasteiger partial charge in [0.15, 0.2) is 0 Å². The Balaban J connectivity index is 1.79. The van der Waals surface area contributed by atoms with E-state index in [1.165, 1.54) is 47.9 Å². The van der Waals surface area contributed by atoms with Gasteiger partial charge >= 0.3 is 0 Å². The van der Waals surface area contributed by atoms with Gasteiger partial charge in [-0.3, -0.25) is 0 Å². The van der Waals surface area contributed by atoms with Gasteiger partial charge in [-0.05, 0) is 28.4 Å². The van der Waals surface area contributed by atoms with Crippen molar-refractivity contribution in [3.05, 3.63) is 20.8 Å². The van der Waals surface area contributed by atoms with E-state index in [9.17, 15) is 0 Å². The minimum absolute atomic E-state index is 0.821. The van der Waals surface area contributed by atoms with Crippen LogP contribution in [0, 0.1) is 0 Å². The van der Waals surface area contributed by atoms with Gasteiger partial charge in [-0.1, -0.05) is 39.0 Å². The summed E-state index contributed by atoms with van der Waals surface area (Å²) in [5, 5.41) is 5.52. The molecule has 0 unspecified atom stereocenters. The Labute approximate surface area is 130 Å². The van der Waals surface area contributed by atoms with Gasteiger partial charge in [0.2, 0.25) is 0 Å². The molecule has 0 aliphatic carbocycles. The van der Waals surface area contributed by atoms with Gasteiger partial charge in [0.25, 0.3) is 0 Å². The Bertz CT molecular complexity index is 317. The molecule has 0 fully saturated rings. The molecule has 2 nitrogen and oxygen atoms in total. The zero-order chi connectivity index (χ0) is 13.8. The molecule has 19 heavy (non-hydrogen) atoms. The molecule has 0 spiro atoms. The van der Waals surface area contributed by atoms with Crippen LogP contribution >= 0.6 is 27.3 Å². The van der Waals surface area contributed by atoms with E-state index in [-0.39, 0.29) is 0 Å². The van der Waals surface area contributed by atoms with Crippen LogP contribution in [-0.4, -0.2) is 19.8 Å². The van der Waals surface area contributed by atoms with Gasteiger partial charge in [0.05, 0.1) is 6.61 Å². The molecule has 0 saturated carbocycles. The first-order valence-electron chi connectivity index (χ1n) is 7.34. The third kappa shape index (κ3) is 9.61. The summed E-state index contributed by atoms with van der Waals surface area (Å²) in [6, 6.07) is 2.16. The van der Waals surface area contributed by atoms with Crippen molar-refractivity contribution in [2.24, 2.45) is 0 Å². The Hall–Kier alpha value is 0.1000. The highest BCUT2D eigenvalue weighted by atomic mass is 79.9. The van der Waals surface area contributed by atoms with E-state index >= 15 is 0 Å². The average Bonchev–Trinajstić information content (AvgIpc) is 2.82. The smallest absolute Gasteiger partial charge is 0.0591 e. The van der Waals surface area contributed by atoms with E-state index < -0.39 is 0 Å². The maximum Gasteiger partial charge on any atom is 0.0591 e. The SMILES string of the molecule is CCCCCCCCOCCNCc1cc(Br)cs1. The number of thiophene rings is 1. The first kappa shape index (κ1) is 17.2. The lowest BCUT2D eigenvalue weighted by Crippen LogP contribution is -2.18. The largest absolute Gasteiger partial charge is 0.380 e. The molecule has 0 aliphatic heterocycles. The van der Waals surface area contributed by atoms with Gasteiger partial charge in [-0.2, -0.15) is 0 Å². The summed E-state index contributed by atoms with van der Waals surface area (Å²) in [6.45, 7) is 5.87. The van der Waals surface area contributed by atoms with Gasteiger partial charge in [0.1, 0.15) is 0 Å². The van der Waals surface area contributed by atoms with Gasteiger partial charge in [-0.15, -0.1) is 11.3 Å². The number of hydrogen-bond donors (Lipinski definition) is 1. The lowest BCUT2D eigenvalue weighted by Gasteiger charge is -2.05. The van der Waals surface area contributed by atoms with Gasteiger partial charge < -0.3 is 10.1 Å². The standard InChI is InChI=1S/C15H26BrNOS/c1-2-3-4-5-6-7-9-18-10-8-17-12-15-11-14(16)13-19-15/h11,13,17H,2-10,12H2,1H3. The van der Waals surface area contributed by atoms with Crippen molar-refractivity contribution in [3.63, 3.8) is 0 Å². The van der Waals surface area contributed by atoms with Crippen molar-refractivity contribution in [1.29, 1.82) is 0 Å². The molecule has 1 aromatic heterocycles. The van der Waals surface area contributed by atoms with Crippen molar-refractivity contribution in [2.45, 2.75) is 52.0 Å². The number of halogens is 1. The van der Waals surface area contributed by atoms with E-state index in [1.54, 1.807) is 11.3 Å². The molecule has 1 aromatic rings. The van der Waals surface area contributed by atoms with Crippen LogP contribution in [0.2, 0.25) is 0 Å². The first-order chi connectivity index (χ1) is 9.33. The second-order valence-corrected chi connectivity index (χ2v) is 6.70. The molecule has 0 bridgehead atoms. The van der Waals surface area contributed by atoms with E-state index in [1.807, 2.05) is 0 Å². The van der Waals surface area contributed by atoms with E-state index in [0.717, 1.165) is 26.3 Å². The minimum atomic E-state index is 0.821. The van der Waals surface area contributed by atoms with Crippen molar-refractivity contribution in [1.82, 2.24) is 5.32 Å². The normalized spacial score (nSPS) is 11.1. The molecule has 0 saturated heterocycles. The molecular weight excluding hydrogens is 322 g/mol. The Morgan fingerprint density at radius 3 is 2.68 bits per heavy atom. The van der Waals surface area contributed by atoms with Crippen LogP contribution in [0.5, 0.6) is 0 Å². The third-order valence-electron chi connectivity index (χ3n) is 2.99. The minimum Gasteiger partial charge on any atom is -0.380 e. The first-order valence-corrected chi connectivity index (χ1v) is 9.01. The fraction of sp³-hybridized carbons (Fsp3) is 0.733. The molecule has 1 N–H and O–H groups in total. The monoisotopic (exact) mass is 347 g/mol. The molecule has 0 amide bonds. The Morgan fingerprint density at radius 2 is 1.95 bits per heavy atom. The van der Waals surface area contributed by atoms with Crippen LogP contribution in [0.1, 0.15) is 50.3 Å². The van der Waals surface area contributed by atoms with Gasteiger partial charge in [-0.25, -0.2) is 0 Å². The second kappa shape index (κ2) is 11.9. The third-order valence-corrected chi connectivity index (χ3v) is 4.68. The summed E-state index contributed by atoms with van der Waals surface area (Å²) < 4.78 is 6.79. The number of rotatable bonds is 12. The highest BCUT2D eigenvalue weighted by molar-refractivity contribution is 9.10. The molecule has 1 heterocycles. The van der Waals surface area contributed by atoms with Crippen molar-refractivity contribution < 1.29 is 4.74 Å². The molecule has 0 atom stereocenters. The lowest BCUT2D eigenvalue weighted by molar-refractivity contribution is 0.131. The van der Waals surface area contributed by atoms with Crippen LogP contribution < -0.4 is 5.32 Å². The van der Waals surface area contributed by atoms with E-state index in [2.05, 4.69) is 39.6 Å². The summed E-state index contributed by atoms with van der Waals surface area (Å²) in [5.41, 5.74) is 0. The summed E-state index contributed by atoms with van der Waals surface area (Å²) in [5.74, 6) is 0. The van der Waals surface area contributed by atoms with Crippen molar-refractivity contribution in [2.75, 3.05) is 19.8 Å². The zero-order valence-electron chi connectivity index (χ0n) is 11.9. The van der Waals surface area contributed by atoms with Gasteiger partial charge in [0, 0.05) is 34.4 Å². The maximum absolute atomic E-state index is 5.61. The number of ether oxygens (including phenoxy) is 1. The molecule has 0 radical (unpaired) electrons. The summed E-state index contributed by atoms with van der Waals surface area (Å²) >= 11 is 5.24. The quantitative estimate of drug-likeness (QED) is 0.538. The molecule has 110 valence electrons. The average molecular weight is 348 g/mol. The number of hydrogen-bond acceptors (Lipinski definition) is 3. The Kier molecular flexibility index (Phi) is 10.7. The zero-order valence-corrected chi connectivity index (χ0v) is 14.3. The van der Waals surface area contributed by atoms with E-state index in [4.69, 9.17) is 4.74 Å². The van der Waals surface area contributed by atoms with Crippen LogP contribution in [0.15, 0.2) is 15.9 Å². The van der Waals surface area contributed by atoms with Crippen molar-refractivity contribution >= 4 is 27.3 Å². The lowest BCUT2D eigenvalue weighted by atomic mass is 10.1. The molecule has 0 aliphatic rings. The molecule has 1 rings (SSSR count). The molecule has 4 heteroatoms. The summed E-state index contributed by atoms with van der Waals surface area (Å²) in [6.07, 6.45) is 7.97. The summed E-state index contributed by atoms with van der Waals surface area (Å²) in [4.78, 5) is 1.36. The highest BCUT2D eigenvalue weighted by Crippen LogP contribution is 2.19. The Morgan fingerprint density at radius 1 is 1.16 bits per heavy atom. The predicted molar refractivity (Wildman–Crippen MR) is 87.9 cm³/mol. The van der Waals surface area contributed by atoms with Crippen molar-refractivity contribution in [3.8, 4) is 0 Å². The van der Waals surface area contributed by atoms with Crippen LogP contribution in [0.4, 0.5) is 0 Å². The summed E-state index contributed by atoms with van der Waals surface area (Å²) in [7, 11) is 0. The van der Waals surface area contributed by atoms with Crippen LogP contribution in [0.3, 0.4) is 0 Å². The molecule has 0 aromatic carbocycles. The van der Waals surface area contributed by atoms with Crippen LogP contribution in [0.25, 0.3) is 0 Å². The predicted octanol–water partition coefficient (Wildman–Crippen LogP) is 4.98.